The fourth-order valence-corrected chi connectivity index (χ4v) is 3.90. The van der Waals surface area contributed by atoms with E-state index in [-0.39, 0.29) is 5.92 Å². The molecule has 150 valence electrons. The molecular formula is C24H32N2O2. The van der Waals surface area contributed by atoms with Gasteiger partial charge in [-0.05, 0) is 44.0 Å². The van der Waals surface area contributed by atoms with Crippen LogP contribution in [0, 0.1) is 5.92 Å². The Labute approximate surface area is 168 Å². The summed E-state index contributed by atoms with van der Waals surface area (Å²) in [5.74, 6) is 0.773. The topological polar surface area (TPSA) is 43.8 Å². The van der Waals surface area contributed by atoms with Gasteiger partial charge in [0.25, 0.3) is 0 Å². The lowest BCUT2D eigenvalue weighted by molar-refractivity contribution is -0.137. The minimum atomic E-state index is 0.112. The molecule has 1 N–H and O–H groups in total. The highest BCUT2D eigenvalue weighted by molar-refractivity contribution is 5.79. The molecule has 0 radical (unpaired) electrons. The van der Waals surface area contributed by atoms with Crippen LogP contribution in [0.3, 0.4) is 0 Å². The minimum Gasteiger partial charge on any atom is -0.508 e. The summed E-state index contributed by atoms with van der Waals surface area (Å²) in [4.78, 5) is 17.6. The summed E-state index contributed by atoms with van der Waals surface area (Å²) in [6.07, 6.45) is 3.93. The van der Waals surface area contributed by atoms with E-state index in [0.717, 1.165) is 57.4 Å². The van der Waals surface area contributed by atoms with E-state index in [1.54, 1.807) is 6.07 Å². The van der Waals surface area contributed by atoms with Crippen molar-refractivity contribution in [2.45, 2.75) is 45.7 Å². The largest absolute Gasteiger partial charge is 0.508 e. The Morgan fingerprint density at radius 2 is 1.75 bits per heavy atom. The van der Waals surface area contributed by atoms with Gasteiger partial charge in [-0.15, -0.1) is 0 Å². The molecule has 0 spiro atoms. The monoisotopic (exact) mass is 380 g/mol. The molecule has 1 fully saturated rings. The molecule has 3 rings (SSSR count). The minimum absolute atomic E-state index is 0.112. The quantitative estimate of drug-likeness (QED) is 0.737. The molecule has 0 aliphatic carbocycles. The highest BCUT2D eigenvalue weighted by atomic mass is 16.3. The molecule has 1 saturated heterocycles. The maximum absolute atomic E-state index is 13.2. The number of phenols is 1. The molecule has 1 aliphatic heterocycles. The lowest BCUT2D eigenvalue weighted by Gasteiger charge is -2.34. The maximum Gasteiger partial charge on any atom is 0.226 e. The summed E-state index contributed by atoms with van der Waals surface area (Å²) in [5, 5.41) is 9.99. The van der Waals surface area contributed by atoms with Gasteiger partial charge in [-0.3, -0.25) is 9.69 Å². The van der Waals surface area contributed by atoms with Crippen molar-refractivity contribution in [1.29, 1.82) is 0 Å². The Kier molecular flexibility index (Phi) is 7.49. The lowest BCUT2D eigenvalue weighted by Crippen LogP contribution is -2.42. The predicted octanol–water partition coefficient (Wildman–Crippen LogP) is 4.43. The average molecular weight is 381 g/mol. The Morgan fingerprint density at radius 3 is 2.43 bits per heavy atom. The molecule has 28 heavy (non-hydrogen) atoms. The molecule has 0 aromatic heterocycles. The molecule has 0 unspecified atom stereocenters. The molecule has 4 nitrogen and oxygen atoms in total. The third-order valence-electron chi connectivity index (χ3n) is 5.63. The third-order valence-corrected chi connectivity index (χ3v) is 5.63. The van der Waals surface area contributed by atoms with E-state index >= 15 is 0 Å². The molecule has 1 amide bonds. The van der Waals surface area contributed by atoms with Crippen LogP contribution in [0.4, 0.5) is 0 Å². The first kappa shape index (κ1) is 20.4. The predicted molar refractivity (Wildman–Crippen MR) is 113 cm³/mol. The van der Waals surface area contributed by atoms with Gasteiger partial charge in [-0.25, -0.2) is 0 Å². The third kappa shape index (κ3) is 5.59. The summed E-state index contributed by atoms with van der Waals surface area (Å²) in [5.41, 5.74) is 2.16. The van der Waals surface area contributed by atoms with Gasteiger partial charge in [0.1, 0.15) is 5.75 Å². The van der Waals surface area contributed by atoms with Crippen molar-refractivity contribution in [3.05, 3.63) is 65.7 Å². The fraction of sp³-hybridized carbons (Fsp3) is 0.458. The number of rotatable bonds is 8. The van der Waals surface area contributed by atoms with Crippen LogP contribution in [-0.2, 0) is 17.9 Å². The van der Waals surface area contributed by atoms with Crippen molar-refractivity contribution in [3.8, 4) is 5.75 Å². The number of phenolic OH excluding ortho intramolecular Hbond substituents is 1. The van der Waals surface area contributed by atoms with Crippen LogP contribution in [0.15, 0.2) is 54.6 Å². The van der Waals surface area contributed by atoms with Crippen molar-refractivity contribution < 1.29 is 9.90 Å². The number of amides is 1. The van der Waals surface area contributed by atoms with Crippen LogP contribution in [0.5, 0.6) is 5.75 Å². The zero-order chi connectivity index (χ0) is 19.8. The number of carbonyl (C=O) groups excluding carboxylic acids is 1. The van der Waals surface area contributed by atoms with Crippen LogP contribution >= 0.6 is 0 Å². The zero-order valence-corrected chi connectivity index (χ0v) is 16.9. The fourth-order valence-electron chi connectivity index (χ4n) is 3.90. The van der Waals surface area contributed by atoms with E-state index in [1.165, 1.54) is 5.56 Å². The number of hydrogen-bond donors (Lipinski definition) is 1. The number of benzene rings is 2. The van der Waals surface area contributed by atoms with Crippen LogP contribution in [0.1, 0.15) is 43.7 Å². The van der Waals surface area contributed by atoms with Gasteiger partial charge in [-0.2, -0.15) is 0 Å². The van der Waals surface area contributed by atoms with Crippen molar-refractivity contribution >= 4 is 5.91 Å². The molecule has 0 saturated carbocycles. The number of likely N-dealkylation sites (tertiary alicyclic amines) is 1. The zero-order valence-electron chi connectivity index (χ0n) is 16.9. The standard InChI is InChI=1S/C24H32N2O2/c1-2-3-15-26(18-20-9-5-4-6-10-20)24(28)21-13-16-25(17-14-21)19-22-11-7-8-12-23(22)27/h4-12,21,27H,2-3,13-19H2,1H3. The average Bonchev–Trinajstić information content (AvgIpc) is 2.73. The lowest BCUT2D eigenvalue weighted by atomic mass is 9.94. The van der Waals surface area contributed by atoms with E-state index in [9.17, 15) is 9.90 Å². The SMILES string of the molecule is CCCCN(Cc1ccccc1)C(=O)C1CCN(Cc2ccccc2O)CC1. The summed E-state index contributed by atoms with van der Waals surface area (Å²) >= 11 is 0. The van der Waals surface area contributed by atoms with Crippen LogP contribution in [0.2, 0.25) is 0 Å². The number of hydrogen-bond acceptors (Lipinski definition) is 3. The number of para-hydroxylation sites is 1. The van der Waals surface area contributed by atoms with Crippen LogP contribution in [-0.4, -0.2) is 40.4 Å². The first-order chi connectivity index (χ1) is 13.7. The van der Waals surface area contributed by atoms with Gasteiger partial charge in [0, 0.05) is 31.1 Å². The van der Waals surface area contributed by atoms with Gasteiger partial charge in [0.05, 0.1) is 0 Å². The Balaban J connectivity index is 1.56. The summed E-state index contributed by atoms with van der Waals surface area (Å²) in [7, 11) is 0. The second kappa shape index (κ2) is 10.3. The van der Waals surface area contributed by atoms with Gasteiger partial charge in [-0.1, -0.05) is 61.9 Å². The smallest absolute Gasteiger partial charge is 0.226 e. The van der Waals surface area contributed by atoms with E-state index in [4.69, 9.17) is 0 Å². The van der Waals surface area contributed by atoms with Crippen molar-refractivity contribution in [2.24, 2.45) is 5.92 Å². The highest BCUT2D eigenvalue weighted by Gasteiger charge is 2.28. The number of carbonyl (C=O) groups is 1. The summed E-state index contributed by atoms with van der Waals surface area (Å²) < 4.78 is 0. The molecule has 2 aromatic carbocycles. The molecule has 2 aromatic rings. The molecular weight excluding hydrogens is 348 g/mol. The van der Waals surface area contributed by atoms with E-state index in [1.807, 2.05) is 36.4 Å². The number of piperidine rings is 1. The van der Waals surface area contributed by atoms with E-state index in [0.29, 0.717) is 18.2 Å². The molecule has 1 aliphatic rings. The van der Waals surface area contributed by atoms with Crippen molar-refractivity contribution in [1.82, 2.24) is 9.80 Å². The highest BCUT2D eigenvalue weighted by Crippen LogP contribution is 2.24. The Hall–Kier alpha value is -2.33. The van der Waals surface area contributed by atoms with Gasteiger partial charge >= 0.3 is 0 Å². The second-order valence-electron chi connectivity index (χ2n) is 7.78. The van der Waals surface area contributed by atoms with Crippen LogP contribution < -0.4 is 0 Å². The first-order valence-corrected chi connectivity index (χ1v) is 10.5. The van der Waals surface area contributed by atoms with Gasteiger partial charge < -0.3 is 10.0 Å². The van der Waals surface area contributed by atoms with E-state index in [2.05, 4.69) is 28.9 Å². The number of nitrogens with zero attached hydrogens (tertiary/aromatic N) is 2. The van der Waals surface area contributed by atoms with Crippen molar-refractivity contribution in [2.75, 3.05) is 19.6 Å². The molecule has 1 heterocycles. The second-order valence-corrected chi connectivity index (χ2v) is 7.78. The number of unbranched alkanes of at least 4 members (excludes halogenated alkanes) is 1. The number of aromatic hydroxyl groups is 1. The normalized spacial score (nSPS) is 15.5. The molecule has 4 heteroatoms. The Bertz CT molecular complexity index is 739. The van der Waals surface area contributed by atoms with Crippen LogP contribution in [0.25, 0.3) is 0 Å². The summed E-state index contributed by atoms with van der Waals surface area (Å²) in [6, 6.07) is 17.8. The Morgan fingerprint density at radius 1 is 1.07 bits per heavy atom. The van der Waals surface area contributed by atoms with E-state index < -0.39 is 0 Å². The van der Waals surface area contributed by atoms with Gasteiger partial charge in [0.2, 0.25) is 5.91 Å². The first-order valence-electron chi connectivity index (χ1n) is 10.5. The molecule has 0 atom stereocenters. The van der Waals surface area contributed by atoms with Gasteiger partial charge in [0.15, 0.2) is 0 Å². The summed E-state index contributed by atoms with van der Waals surface area (Å²) in [6.45, 7) is 6.26. The maximum atomic E-state index is 13.2. The van der Waals surface area contributed by atoms with Crippen molar-refractivity contribution in [3.63, 3.8) is 0 Å². The molecule has 0 bridgehead atoms.